The van der Waals surface area contributed by atoms with E-state index in [4.69, 9.17) is 21.1 Å². The Hall–Kier alpha value is -2.57. The zero-order valence-electron chi connectivity index (χ0n) is 25.2. The Morgan fingerprint density at radius 2 is 1.66 bits per heavy atom. The maximum atomic E-state index is 13.7. The molecular weight excluding hydrogens is 538 g/mol. The van der Waals surface area contributed by atoms with Crippen LogP contribution in [-0.2, 0) is 26.3 Å². The minimum absolute atomic E-state index is 0.0446. The van der Waals surface area contributed by atoms with E-state index in [9.17, 15) is 14.7 Å². The number of halogens is 1. The maximum Gasteiger partial charge on any atom is 0.306 e. The third-order valence-electron chi connectivity index (χ3n) is 8.71. The second-order valence-corrected chi connectivity index (χ2v) is 14.1. The quantitative estimate of drug-likeness (QED) is 0.328. The second kappa shape index (κ2) is 12.7. The lowest BCUT2D eigenvalue weighted by molar-refractivity contribution is -0.143. The van der Waals surface area contributed by atoms with Crippen LogP contribution in [0.5, 0.6) is 5.75 Å². The molecule has 6 nitrogen and oxygen atoms in total. The van der Waals surface area contributed by atoms with Gasteiger partial charge in [-0.1, -0.05) is 56.6 Å². The summed E-state index contributed by atoms with van der Waals surface area (Å²) in [6.07, 6.45) is 5.47. The lowest BCUT2D eigenvalue weighted by Gasteiger charge is -2.46. The summed E-state index contributed by atoms with van der Waals surface area (Å²) in [5.41, 5.74) is 1.44. The number of rotatable bonds is 9. The van der Waals surface area contributed by atoms with Crippen molar-refractivity contribution >= 4 is 23.5 Å². The summed E-state index contributed by atoms with van der Waals surface area (Å²) in [5, 5.41) is 9.97. The average Bonchev–Trinajstić information content (AvgIpc) is 2.91. The number of amides is 1. The first-order valence-corrected chi connectivity index (χ1v) is 15.3. The number of benzene rings is 2. The van der Waals surface area contributed by atoms with Crippen molar-refractivity contribution in [3.05, 3.63) is 64.7 Å². The van der Waals surface area contributed by atoms with E-state index in [0.29, 0.717) is 32.5 Å². The standard InChI is InChI=1S/C34H46ClNO5/c1-32(2,3)31(39)36(20-18-34(19-21-40-33(4,5)23-34)26-10-12-27(35)13-11-26)22-24-6-14-28(15-7-24)41-29-16-8-25(9-17-29)30(37)38/h6-7,10-15,25,29H,8-9,16-23H2,1-5H3,(H,37,38)/t25-,29-,34?. The highest BCUT2D eigenvalue weighted by molar-refractivity contribution is 6.30. The molecule has 0 spiro atoms. The van der Waals surface area contributed by atoms with Gasteiger partial charge in [-0.05, 0) is 94.2 Å². The molecule has 4 rings (SSSR count). The van der Waals surface area contributed by atoms with E-state index in [1.54, 1.807) is 0 Å². The molecule has 1 saturated heterocycles. The van der Waals surface area contributed by atoms with E-state index in [-0.39, 0.29) is 28.9 Å². The first-order chi connectivity index (χ1) is 19.3. The lowest BCUT2D eigenvalue weighted by Crippen LogP contribution is -2.47. The third kappa shape index (κ3) is 8.26. The molecule has 41 heavy (non-hydrogen) atoms. The Kier molecular flexibility index (Phi) is 9.75. The zero-order chi connectivity index (χ0) is 29.8. The second-order valence-electron chi connectivity index (χ2n) is 13.6. The molecule has 7 heteroatoms. The number of aliphatic carboxylic acids is 1. The van der Waals surface area contributed by atoms with Gasteiger partial charge in [-0.25, -0.2) is 0 Å². The highest BCUT2D eigenvalue weighted by Crippen LogP contribution is 2.44. The van der Waals surface area contributed by atoms with Gasteiger partial charge in [-0.2, -0.15) is 0 Å². The van der Waals surface area contributed by atoms with Crippen molar-refractivity contribution in [2.45, 2.75) is 103 Å². The Labute approximate surface area is 250 Å². The topological polar surface area (TPSA) is 76.1 Å². The van der Waals surface area contributed by atoms with Gasteiger partial charge in [0, 0.05) is 35.5 Å². The van der Waals surface area contributed by atoms with Gasteiger partial charge in [-0.15, -0.1) is 0 Å². The summed E-state index contributed by atoms with van der Waals surface area (Å²) in [5.74, 6) is -0.0469. The molecule has 224 valence electrons. The summed E-state index contributed by atoms with van der Waals surface area (Å²) < 4.78 is 12.3. The molecule has 2 aliphatic rings. The molecule has 0 bridgehead atoms. The van der Waals surface area contributed by atoms with Crippen molar-refractivity contribution in [1.82, 2.24) is 4.90 Å². The molecule has 2 aromatic rings. The number of carbonyl (C=O) groups excluding carboxylic acids is 1. The molecule has 0 radical (unpaired) electrons. The van der Waals surface area contributed by atoms with Crippen LogP contribution < -0.4 is 4.74 Å². The smallest absolute Gasteiger partial charge is 0.306 e. The van der Waals surface area contributed by atoms with Crippen LogP contribution in [0.4, 0.5) is 0 Å². The van der Waals surface area contributed by atoms with Crippen molar-refractivity contribution in [1.29, 1.82) is 0 Å². The minimum atomic E-state index is -0.707. The van der Waals surface area contributed by atoms with Crippen LogP contribution in [0.1, 0.15) is 90.7 Å². The summed E-state index contributed by atoms with van der Waals surface area (Å²) in [6, 6.07) is 16.2. The molecule has 1 unspecified atom stereocenters. The highest BCUT2D eigenvalue weighted by Gasteiger charge is 2.42. The first kappa shape index (κ1) is 31.4. The number of nitrogens with zero attached hydrogens (tertiary/aromatic N) is 1. The zero-order valence-corrected chi connectivity index (χ0v) is 26.0. The molecule has 1 amide bonds. The van der Waals surface area contributed by atoms with E-state index >= 15 is 0 Å². The number of carboxylic acid groups (broad SMARTS) is 1. The Morgan fingerprint density at radius 3 is 2.22 bits per heavy atom. The number of ether oxygens (including phenoxy) is 2. The fourth-order valence-corrected chi connectivity index (χ4v) is 6.60. The molecule has 1 saturated carbocycles. The van der Waals surface area contributed by atoms with Crippen LogP contribution in [0.25, 0.3) is 0 Å². The Bertz CT molecular complexity index is 1180. The normalized spacial score (nSPS) is 24.4. The van der Waals surface area contributed by atoms with Crippen LogP contribution >= 0.6 is 11.6 Å². The van der Waals surface area contributed by atoms with Crippen molar-refractivity contribution in [3.63, 3.8) is 0 Å². The van der Waals surface area contributed by atoms with Crippen molar-refractivity contribution in [2.24, 2.45) is 11.3 Å². The van der Waals surface area contributed by atoms with E-state index in [2.05, 4.69) is 26.0 Å². The Morgan fingerprint density at radius 1 is 1.02 bits per heavy atom. The summed E-state index contributed by atoms with van der Waals surface area (Å²) >= 11 is 6.24. The van der Waals surface area contributed by atoms with Crippen LogP contribution in [0.3, 0.4) is 0 Å². The predicted octanol–water partition coefficient (Wildman–Crippen LogP) is 7.65. The fourth-order valence-electron chi connectivity index (χ4n) is 6.47. The predicted molar refractivity (Wildman–Crippen MR) is 162 cm³/mol. The maximum absolute atomic E-state index is 13.7. The molecule has 1 atom stereocenters. The SMILES string of the molecule is CC1(C)CC(CCN(Cc2ccc(O[C@H]3CC[C@H](C(=O)O)CC3)cc2)C(=O)C(C)(C)C)(c2ccc(Cl)cc2)CCO1. The third-order valence-corrected chi connectivity index (χ3v) is 8.96. The Balaban J connectivity index is 1.47. The van der Waals surface area contributed by atoms with Gasteiger partial charge in [0.2, 0.25) is 5.91 Å². The van der Waals surface area contributed by atoms with Crippen LogP contribution in [0, 0.1) is 11.3 Å². The van der Waals surface area contributed by atoms with Crippen molar-refractivity contribution in [2.75, 3.05) is 13.2 Å². The number of carboxylic acids is 1. The summed E-state index contributed by atoms with van der Waals surface area (Å²) in [7, 11) is 0. The summed E-state index contributed by atoms with van der Waals surface area (Å²) in [6.45, 7) is 12.1. The van der Waals surface area contributed by atoms with Gasteiger partial charge in [0.25, 0.3) is 0 Å². The van der Waals surface area contributed by atoms with E-state index < -0.39 is 11.4 Å². The largest absolute Gasteiger partial charge is 0.490 e. The number of carbonyl (C=O) groups is 2. The minimum Gasteiger partial charge on any atom is -0.490 e. The number of hydrogen-bond acceptors (Lipinski definition) is 4. The molecule has 2 aromatic carbocycles. The first-order valence-electron chi connectivity index (χ1n) is 14.9. The number of hydrogen-bond donors (Lipinski definition) is 1. The van der Waals surface area contributed by atoms with Gasteiger partial charge >= 0.3 is 5.97 Å². The van der Waals surface area contributed by atoms with Crippen LogP contribution in [0.15, 0.2) is 48.5 Å². The van der Waals surface area contributed by atoms with Gasteiger partial charge < -0.3 is 19.5 Å². The molecule has 2 fully saturated rings. The monoisotopic (exact) mass is 583 g/mol. The average molecular weight is 584 g/mol. The van der Waals surface area contributed by atoms with Crippen LogP contribution in [-0.4, -0.2) is 46.7 Å². The van der Waals surface area contributed by atoms with Crippen LogP contribution in [0.2, 0.25) is 5.02 Å². The molecule has 1 heterocycles. The van der Waals surface area contributed by atoms with E-state index in [1.165, 1.54) is 5.56 Å². The van der Waals surface area contributed by atoms with Gasteiger partial charge in [-0.3, -0.25) is 9.59 Å². The van der Waals surface area contributed by atoms with E-state index in [1.807, 2.05) is 62.1 Å². The highest BCUT2D eigenvalue weighted by atomic mass is 35.5. The van der Waals surface area contributed by atoms with Gasteiger partial charge in [0.1, 0.15) is 5.75 Å². The molecule has 1 aliphatic heterocycles. The summed E-state index contributed by atoms with van der Waals surface area (Å²) in [4.78, 5) is 26.9. The molecule has 0 aromatic heterocycles. The molecule has 1 aliphatic carbocycles. The fraction of sp³-hybridized carbons (Fsp3) is 0.588. The molecule has 1 N–H and O–H groups in total. The lowest BCUT2D eigenvalue weighted by atomic mass is 9.67. The van der Waals surface area contributed by atoms with Crippen molar-refractivity contribution in [3.8, 4) is 5.75 Å². The van der Waals surface area contributed by atoms with E-state index in [0.717, 1.165) is 48.4 Å². The molecular formula is C34H46ClNO5. The van der Waals surface area contributed by atoms with Crippen molar-refractivity contribution < 1.29 is 24.2 Å². The van der Waals surface area contributed by atoms with Gasteiger partial charge in [0.05, 0.1) is 17.6 Å². The van der Waals surface area contributed by atoms with Gasteiger partial charge in [0.15, 0.2) is 0 Å².